The number of hydrogen-bond donors (Lipinski definition) is 1. The first-order valence-corrected chi connectivity index (χ1v) is 15.1. The summed E-state index contributed by atoms with van der Waals surface area (Å²) in [6, 6.07) is 21.0. The molecule has 2 amide bonds. The molecular formula is C29H33Cl2N3O4S. The van der Waals surface area contributed by atoms with Gasteiger partial charge in [-0.15, -0.1) is 0 Å². The molecule has 0 unspecified atom stereocenters. The van der Waals surface area contributed by atoms with Crippen LogP contribution in [0.25, 0.3) is 0 Å². The molecular weight excluding hydrogens is 557 g/mol. The molecule has 1 N–H and O–H groups in total. The number of anilines is 1. The van der Waals surface area contributed by atoms with Crippen LogP contribution in [0, 0.1) is 6.92 Å². The maximum absolute atomic E-state index is 13.7. The Morgan fingerprint density at radius 1 is 0.923 bits per heavy atom. The van der Waals surface area contributed by atoms with Gasteiger partial charge in [-0.3, -0.25) is 13.9 Å². The number of benzene rings is 3. The SMILES string of the molecule is CNC(=O)[C@@H](Cc1ccccc1)N(Cc1ccc(Cl)c(Cl)c1)C(=O)CCCN(c1cccc(C)c1)S(C)(=O)=O. The number of carbonyl (C=O) groups is 2. The lowest BCUT2D eigenvalue weighted by molar-refractivity contribution is -0.141. The minimum Gasteiger partial charge on any atom is -0.357 e. The van der Waals surface area contributed by atoms with Crippen molar-refractivity contribution in [1.29, 1.82) is 0 Å². The number of halogens is 2. The number of sulfonamides is 1. The third kappa shape index (κ3) is 8.71. The standard InChI is InChI=1S/C29H33Cl2N3O4S/c1-21-9-7-12-24(17-21)34(39(3,37)38)16-8-13-28(35)33(20-23-14-15-25(30)26(31)18-23)27(29(36)32-2)19-22-10-5-4-6-11-22/h4-7,9-12,14-15,17-18,27H,8,13,16,19-20H2,1-3H3,(H,32,36)/t27-/m1/s1. The van der Waals surface area contributed by atoms with Crippen LogP contribution >= 0.6 is 23.2 Å². The van der Waals surface area contributed by atoms with Crippen molar-refractivity contribution in [3.8, 4) is 0 Å². The summed E-state index contributed by atoms with van der Waals surface area (Å²) in [6.07, 6.45) is 1.77. The quantitative estimate of drug-likeness (QED) is 0.313. The van der Waals surface area contributed by atoms with E-state index in [1.165, 1.54) is 16.3 Å². The van der Waals surface area contributed by atoms with E-state index < -0.39 is 16.1 Å². The Bertz CT molecular complexity index is 1400. The predicted octanol–water partition coefficient (Wildman–Crippen LogP) is 5.23. The van der Waals surface area contributed by atoms with Gasteiger partial charge < -0.3 is 10.2 Å². The highest BCUT2D eigenvalue weighted by atomic mass is 35.5. The van der Waals surface area contributed by atoms with Gasteiger partial charge in [-0.2, -0.15) is 0 Å². The molecule has 1 atom stereocenters. The van der Waals surface area contributed by atoms with E-state index >= 15 is 0 Å². The van der Waals surface area contributed by atoms with Crippen molar-refractivity contribution >= 4 is 50.7 Å². The van der Waals surface area contributed by atoms with Gasteiger partial charge in [0.25, 0.3) is 0 Å². The van der Waals surface area contributed by atoms with Crippen molar-refractivity contribution in [2.45, 2.75) is 38.8 Å². The van der Waals surface area contributed by atoms with Crippen molar-refractivity contribution in [3.63, 3.8) is 0 Å². The lowest BCUT2D eigenvalue weighted by Gasteiger charge is -2.31. The highest BCUT2D eigenvalue weighted by molar-refractivity contribution is 7.92. The normalized spacial score (nSPS) is 12.0. The molecule has 39 heavy (non-hydrogen) atoms. The van der Waals surface area contributed by atoms with E-state index in [4.69, 9.17) is 23.2 Å². The molecule has 0 aliphatic carbocycles. The molecule has 7 nitrogen and oxygen atoms in total. The summed E-state index contributed by atoms with van der Waals surface area (Å²) < 4.78 is 26.4. The summed E-state index contributed by atoms with van der Waals surface area (Å²) in [5, 5.41) is 3.42. The molecule has 0 radical (unpaired) electrons. The molecule has 0 bridgehead atoms. The largest absolute Gasteiger partial charge is 0.357 e. The van der Waals surface area contributed by atoms with Crippen LogP contribution < -0.4 is 9.62 Å². The molecule has 208 valence electrons. The van der Waals surface area contributed by atoms with Gasteiger partial charge in [0.15, 0.2) is 0 Å². The molecule has 0 aliphatic heterocycles. The predicted molar refractivity (Wildman–Crippen MR) is 158 cm³/mol. The van der Waals surface area contributed by atoms with Crippen molar-refractivity contribution in [2.24, 2.45) is 0 Å². The summed E-state index contributed by atoms with van der Waals surface area (Å²) in [4.78, 5) is 28.3. The fourth-order valence-corrected chi connectivity index (χ4v) is 5.62. The minimum atomic E-state index is -3.57. The minimum absolute atomic E-state index is 0.0431. The number of nitrogens with zero attached hydrogens (tertiary/aromatic N) is 2. The average Bonchev–Trinajstić information content (AvgIpc) is 2.90. The first-order valence-electron chi connectivity index (χ1n) is 12.5. The second kappa shape index (κ2) is 13.8. The zero-order valence-corrected chi connectivity index (χ0v) is 24.6. The lowest BCUT2D eigenvalue weighted by Crippen LogP contribution is -2.49. The Balaban J connectivity index is 1.86. The highest BCUT2D eigenvalue weighted by Crippen LogP contribution is 2.25. The van der Waals surface area contributed by atoms with Crippen LogP contribution in [-0.4, -0.2) is 51.0 Å². The molecule has 0 saturated heterocycles. The van der Waals surface area contributed by atoms with E-state index in [-0.39, 0.29) is 37.7 Å². The van der Waals surface area contributed by atoms with E-state index in [1.807, 2.05) is 43.3 Å². The molecule has 10 heteroatoms. The van der Waals surface area contributed by atoms with E-state index in [9.17, 15) is 18.0 Å². The molecule has 3 aromatic rings. The fourth-order valence-electron chi connectivity index (χ4n) is 4.34. The number of aryl methyl sites for hydroxylation is 1. The van der Waals surface area contributed by atoms with Gasteiger partial charge >= 0.3 is 0 Å². The molecule has 0 fully saturated rings. The molecule has 0 heterocycles. The first-order chi connectivity index (χ1) is 18.5. The van der Waals surface area contributed by atoms with Crippen LogP contribution in [0.2, 0.25) is 10.0 Å². The Kier molecular flexibility index (Phi) is 10.8. The third-order valence-electron chi connectivity index (χ3n) is 6.30. The maximum atomic E-state index is 13.7. The first kappa shape index (κ1) is 30.5. The van der Waals surface area contributed by atoms with Crippen LogP contribution in [0.4, 0.5) is 5.69 Å². The molecule has 0 spiro atoms. The van der Waals surface area contributed by atoms with Gasteiger partial charge in [-0.05, 0) is 54.3 Å². The smallest absolute Gasteiger partial charge is 0.242 e. The van der Waals surface area contributed by atoms with Crippen molar-refractivity contribution in [1.82, 2.24) is 10.2 Å². The van der Waals surface area contributed by atoms with Gasteiger partial charge in [0.2, 0.25) is 21.8 Å². The summed E-state index contributed by atoms with van der Waals surface area (Å²) in [7, 11) is -2.03. The van der Waals surface area contributed by atoms with Crippen LogP contribution in [0.5, 0.6) is 0 Å². The van der Waals surface area contributed by atoms with Gasteiger partial charge in [0.1, 0.15) is 6.04 Å². The zero-order chi connectivity index (χ0) is 28.6. The van der Waals surface area contributed by atoms with Crippen LogP contribution in [-0.2, 0) is 32.6 Å². The third-order valence-corrected chi connectivity index (χ3v) is 8.23. The van der Waals surface area contributed by atoms with Crippen LogP contribution in [0.15, 0.2) is 72.8 Å². The Morgan fingerprint density at radius 2 is 1.64 bits per heavy atom. The zero-order valence-electron chi connectivity index (χ0n) is 22.2. The Labute approximate surface area is 240 Å². The van der Waals surface area contributed by atoms with E-state index in [1.54, 1.807) is 36.4 Å². The second-order valence-electron chi connectivity index (χ2n) is 9.37. The topological polar surface area (TPSA) is 86.8 Å². The highest BCUT2D eigenvalue weighted by Gasteiger charge is 2.30. The summed E-state index contributed by atoms with van der Waals surface area (Å²) in [6.45, 7) is 2.15. The van der Waals surface area contributed by atoms with Gasteiger partial charge in [0.05, 0.1) is 22.0 Å². The van der Waals surface area contributed by atoms with Crippen molar-refractivity contribution < 1.29 is 18.0 Å². The summed E-state index contributed by atoms with van der Waals surface area (Å²) >= 11 is 12.3. The number of carbonyl (C=O) groups excluding carboxylic acids is 2. The number of hydrogen-bond acceptors (Lipinski definition) is 4. The number of rotatable bonds is 12. The second-order valence-corrected chi connectivity index (χ2v) is 12.1. The summed E-state index contributed by atoms with van der Waals surface area (Å²) in [5.74, 6) is -0.576. The van der Waals surface area contributed by atoms with E-state index in [0.29, 0.717) is 22.2 Å². The molecule has 0 saturated carbocycles. The molecule has 0 aromatic heterocycles. The van der Waals surface area contributed by atoms with Gasteiger partial charge in [-0.25, -0.2) is 8.42 Å². The Hall–Kier alpha value is -3.07. The molecule has 3 aromatic carbocycles. The summed E-state index contributed by atoms with van der Waals surface area (Å²) in [5.41, 5.74) is 3.10. The number of amides is 2. The van der Waals surface area contributed by atoms with E-state index in [2.05, 4.69) is 5.32 Å². The monoisotopic (exact) mass is 589 g/mol. The molecule has 3 rings (SSSR count). The lowest BCUT2D eigenvalue weighted by atomic mass is 10.0. The van der Waals surface area contributed by atoms with Gasteiger partial charge in [-0.1, -0.05) is 71.7 Å². The van der Waals surface area contributed by atoms with E-state index in [0.717, 1.165) is 22.9 Å². The van der Waals surface area contributed by atoms with Crippen molar-refractivity contribution in [2.75, 3.05) is 24.2 Å². The number of nitrogens with one attached hydrogen (secondary N) is 1. The van der Waals surface area contributed by atoms with Crippen molar-refractivity contribution in [3.05, 3.63) is 99.5 Å². The van der Waals surface area contributed by atoms with Crippen LogP contribution in [0.1, 0.15) is 29.5 Å². The average molecular weight is 591 g/mol. The maximum Gasteiger partial charge on any atom is 0.242 e. The van der Waals surface area contributed by atoms with Gasteiger partial charge in [0, 0.05) is 33.0 Å². The fraction of sp³-hybridized carbons (Fsp3) is 0.310. The Morgan fingerprint density at radius 3 is 2.26 bits per heavy atom. The number of likely N-dealkylation sites (N-methyl/N-ethyl adjacent to an activating group) is 1. The van der Waals surface area contributed by atoms with Crippen LogP contribution in [0.3, 0.4) is 0 Å². The molecule has 0 aliphatic rings.